The summed E-state index contributed by atoms with van der Waals surface area (Å²) in [6, 6.07) is 0. The van der Waals surface area contributed by atoms with Crippen molar-refractivity contribution >= 4 is 11.6 Å². The molecule has 0 aromatic rings. The van der Waals surface area contributed by atoms with Gasteiger partial charge in [0.2, 0.25) is 0 Å². The molecule has 0 aliphatic carbocycles. The van der Waals surface area contributed by atoms with E-state index in [1.165, 1.54) is 289 Å². The van der Waals surface area contributed by atoms with Crippen LogP contribution in [-0.4, -0.2) is 4.87 Å². The first-order chi connectivity index (χ1) is 24.7. The first-order valence-corrected chi connectivity index (χ1v) is 24.7. The van der Waals surface area contributed by atoms with E-state index in [0.29, 0.717) is 0 Å². The molecule has 0 aliphatic rings. The molecule has 0 bridgehead atoms. The van der Waals surface area contributed by atoms with Crippen LogP contribution in [0.4, 0.5) is 0 Å². The molecule has 3 N–H and O–H groups in total. The molecule has 0 fully saturated rings. The second kappa shape index (κ2) is 46.4. The summed E-state index contributed by atoms with van der Waals surface area (Å²) in [6.45, 7) is 6.94. The summed E-state index contributed by atoms with van der Waals surface area (Å²) in [6.07, 6.45) is 64.3. The van der Waals surface area contributed by atoms with E-state index in [1.807, 2.05) is 0 Å². The van der Waals surface area contributed by atoms with Gasteiger partial charge >= 0.3 is 0 Å². The molecule has 1 nitrogen and oxygen atoms in total. The fraction of sp³-hybridized carbons (Fsp3) is 1.00. The van der Waals surface area contributed by atoms with Gasteiger partial charge in [0.15, 0.2) is 0 Å². The zero-order chi connectivity index (χ0) is 36.3. The van der Waals surface area contributed by atoms with Crippen LogP contribution in [-0.2, 0) is 0 Å². The van der Waals surface area contributed by atoms with E-state index in [4.69, 9.17) is 11.6 Å². The highest BCUT2D eigenvalue weighted by molar-refractivity contribution is 6.23. The van der Waals surface area contributed by atoms with E-state index in [1.54, 1.807) is 0 Å². The molecule has 0 saturated carbocycles. The van der Waals surface area contributed by atoms with E-state index in [9.17, 15) is 0 Å². The molecular formula is C49H102ClN. The number of hydrogen-bond donors (Lipinski definition) is 1. The maximum Gasteiger partial charge on any atom is 0.0446 e. The summed E-state index contributed by atoms with van der Waals surface area (Å²) < 4.78 is 0. The fourth-order valence-electron chi connectivity index (χ4n) is 8.28. The molecule has 0 aromatic carbocycles. The Balaban J connectivity index is 0. The van der Waals surface area contributed by atoms with Crippen LogP contribution in [0.2, 0.25) is 0 Å². The molecule has 0 radical (unpaired) electrons. The number of unbranched alkanes of at least 4 members (excludes halogenated alkanes) is 39. The van der Waals surface area contributed by atoms with Crippen LogP contribution >= 0.6 is 11.6 Å². The molecule has 310 valence electrons. The Bertz CT molecular complexity index is 512. The zero-order valence-electron chi connectivity index (χ0n) is 36.4. The summed E-state index contributed by atoms with van der Waals surface area (Å²) in [5, 5.41) is 0. The van der Waals surface area contributed by atoms with Gasteiger partial charge in [0.05, 0.1) is 0 Å². The van der Waals surface area contributed by atoms with Crippen LogP contribution in [0.3, 0.4) is 0 Å². The number of halogens is 1. The minimum absolute atomic E-state index is 0. The highest BCUT2D eigenvalue weighted by atomic mass is 35.5. The molecule has 0 rings (SSSR count). The van der Waals surface area contributed by atoms with Gasteiger partial charge in [-0.3, -0.25) is 0 Å². The van der Waals surface area contributed by atoms with Crippen LogP contribution in [0.5, 0.6) is 0 Å². The van der Waals surface area contributed by atoms with E-state index in [2.05, 4.69) is 20.8 Å². The molecule has 51 heavy (non-hydrogen) atoms. The van der Waals surface area contributed by atoms with Gasteiger partial charge in [-0.25, -0.2) is 0 Å². The maximum absolute atomic E-state index is 7.49. The molecule has 2 heteroatoms. The Morgan fingerprint density at radius 3 is 0.471 bits per heavy atom. The SMILES string of the molecule is CCCCCCCCCCCCCCCCC(Cl)(CCCCCCCCCCCCCCCC)CCCCCCCCCCCCCCCC.N. The van der Waals surface area contributed by atoms with Crippen molar-refractivity contribution in [1.82, 2.24) is 6.15 Å². The molecule has 0 spiro atoms. The van der Waals surface area contributed by atoms with Crippen molar-refractivity contribution in [2.75, 3.05) is 0 Å². The third-order valence-electron chi connectivity index (χ3n) is 11.9. The van der Waals surface area contributed by atoms with Crippen LogP contribution in [0.25, 0.3) is 0 Å². The van der Waals surface area contributed by atoms with E-state index in [-0.39, 0.29) is 11.0 Å². The van der Waals surface area contributed by atoms with Crippen molar-refractivity contribution in [1.29, 1.82) is 0 Å². The minimum atomic E-state index is 0. The normalized spacial score (nSPS) is 11.8. The van der Waals surface area contributed by atoms with Crippen LogP contribution in [0.15, 0.2) is 0 Å². The van der Waals surface area contributed by atoms with E-state index < -0.39 is 0 Å². The largest absolute Gasteiger partial charge is 0.344 e. The van der Waals surface area contributed by atoms with Crippen LogP contribution in [0, 0.1) is 0 Å². The summed E-state index contributed by atoms with van der Waals surface area (Å²) in [4.78, 5) is 0.0887. The average Bonchev–Trinajstić information content (AvgIpc) is 3.12. The van der Waals surface area contributed by atoms with Crippen molar-refractivity contribution in [3.05, 3.63) is 0 Å². The van der Waals surface area contributed by atoms with Crippen molar-refractivity contribution in [2.45, 2.75) is 315 Å². The molecular weight excluding hydrogens is 638 g/mol. The zero-order valence-corrected chi connectivity index (χ0v) is 37.2. The number of alkyl halides is 1. The standard InChI is InChI=1S/C49H99Cl.H3N/c1-4-7-10-13-16-19-22-25-28-31-34-37-40-43-46-49(50,47-44-41-38-35-32-29-26-23-20-17-14-11-8-5-2)48-45-42-39-36-33-30-27-24-21-18-15-12-9-6-3;/h4-48H2,1-3H3;1H3. The Morgan fingerprint density at radius 1 is 0.216 bits per heavy atom. The van der Waals surface area contributed by atoms with Crippen molar-refractivity contribution in [3.63, 3.8) is 0 Å². The van der Waals surface area contributed by atoms with E-state index in [0.717, 1.165) is 0 Å². The quantitative estimate of drug-likeness (QED) is 0.0490. The van der Waals surface area contributed by atoms with Gasteiger partial charge in [0.1, 0.15) is 0 Å². The lowest BCUT2D eigenvalue weighted by Crippen LogP contribution is -2.21. The summed E-state index contributed by atoms with van der Waals surface area (Å²) >= 11 is 7.49. The van der Waals surface area contributed by atoms with Gasteiger partial charge in [0.25, 0.3) is 0 Å². The molecule has 0 amide bonds. The van der Waals surface area contributed by atoms with Crippen molar-refractivity contribution in [3.8, 4) is 0 Å². The second-order valence-corrected chi connectivity index (χ2v) is 18.0. The lowest BCUT2D eigenvalue weighted by molar-refractivity contribution is 0.394. The van der Waals surface area contributed by atoms with Gasteiger partial charge in [-0.15, -0.1) is 11.6 Å². The van der Waals surface area contributed by atoms with Gasteiger partial charge in [-0.1, -0.05) is 290 Å². The third-order valence-corrected chi connectivity index (χ3v) is 12.5. The smallest absolute Gasteiger partial charge is 0.0446 e. The lowest BCUT2D eigenvalue weighted by atomic mass is 9.88. The molecule has 0 saturated heterocycles. The van der Waals surface area contributed by atoms with Gasteiger partial charge in [-0.2, -0.15) is 0 Å². The van der Waals surface area contributed by atoms with Crippen molar-refractivity contribution < 1.29 is 0 Å². The Labute approximate surface area is 331 Å². The number of hydrogen-bond acceptors (Lipinski definition) is 1. The third kappa shape index (κ3) is 44.5. The van der Waals surface area contributed by atoms with Gasteiger partial charge in [0, 0.05) is 4.87 Å². The molecule has 0 unspecified atom stereocenters. The highest BCUT2D eigenvalue weighted by Crippen LogP contribution is 2.35. The topological polar surface area (TPSA) is 35.0 Å². The molecule has 0 aliphatic heterocycles. The summed E-state index contributed by atoms with van der Waals surface area (Å²) in [7, 11) is 0. The first kappa shape index (κ1) is 53.4. The summed E-state index contributed by atoms with van der Waals surface area (Å²) in [5.41, 5.74) is 0. The fourth-order valence-corrected chi connectivity index (χ4v) is 8.68. The van der Waals surface area contributed by atoms with Crippen LogP contribution in [0.1, 0.15) is 310 Å². The van der Waals surface area contributed by atoms with Gasteiger partial charge in [-0.05, 0) is 19.3 Å². The minimum Gasteiger partial charge on any atom is -0.344 e. The monoisotopic (exact) mass is 740 g/mol. The first-order valence-electron chi connectivity index (χ1n) is 24.4. The number of rotatable bonds is 45. The molecule has 0 heterocycles. The molecule has 0 atom stereocenters. The maximum atomic E-state index is 7.49. The van der Waals surface area contributed by atoms with Crippen LogP contribution < -0.4 is 6.15 Å². The second-order valence-electron chi connectivity index (χ2n) is 17.2. The lowest BCUT2D eigenvalue weighted by Gasteiger charge is -2.27. The van der Waals surface area contributed by atoms with E-state index >= 15 is 0 Å². The summed E-state index contributed by atoms with van der Waals surface area (Å²) in [5.74, 6) is 0. The highest BCUT2D eigenvalue weighted by Gasteiger charge is 2.25. The van der Waals surface area contributed by atoms with Gasteiger partial charge < -0.3 is 6.15 Å². The Kier molecular flexibility index (Phi) is 48.5. The average molecular weight is 741 g/mol. The molecule has 0 aromatic heterocycles. The predicted molar refractivity (Wildman–Crippen MR) is 238 cm³/mol. The predicted octanol–water partition coefficient (Wildman–Crippen LogP) is 19.7. The Hall–Kier alpha value is 0.250. The Morgan fingerprint density at radius 2 is 0.333 bits per heavy atom. The van der Waals surface area contributed by atoms with Crippen molar-refractivity contribution in [2.24, 2.45) is 0 Å².